The second-order valence-electron chi connectivity index (χ2n) is 34.0. The van der Waals surface area contributed by atoms with Gasteiger partial charge in [-0.3, -0.25) is 18.7 Å². The van der Waals surface area contributed by atoms with E-state index in [4.69, 9.17) is 22.7 Å². The van der Waals surface area contributed by atoms with Gasteiger partial charge in [-0.2, -0.15) is 0 Å². The fourth-order valence-corrected chi connectivity index (χ4v) is 22.4. The molecular formula is C90H102N4O16S4Si. The molecule has 115 heavy (non-hydrogen) atoms. The molecule has 2 aliphatic heterocycles. The van der Waals surface area contributed by atoms with Gasteiger partial charge in [0.1, 0.15) is 23.7 Å². The van der Waals surface area contributed by atoms with Crippen molar-refractivity contribution >= 4 is 112 Å². The molecule has 20 nitrogen and oxygen atoms in total. The van der Waals surface area contributed by atoms with Crippen LogP contribution in [0.3, 0.4) is 0 Å². The highest BCUT2D eigenvalue weighted by Crippen LogP contribution is 2.54. The Bertz CT molecular complexity index is 5250. The highest BCUT2D eigenvalue weighted by Gasteiger charge is 2.53. The van der Waals surface area contributed by atoms with E-state index in [0.717, 1.165) is 162 Å². The number of rotatable bonds is 28. The number of thiophene rings is 4. The van der Waals surface area contributed by atoms with Crippen LogP contribution < -0.4 is 11.5 Å². The molecule has 6 aliphatic rings. The number of likely N-dealkylation sites (tertiary alicyclic amines) is 2. The molecule has 25 heteroatoms. The average Bonchev–Trinajstić information content (AvgIpc) is 1.73. The Labute approximate surface area is 686 Å². The van der Waals surface area contributed by atoms with E-state index >= 15 is 0 Å². The fraction of sp³-hybridized carbons (Fsp3) is 0.444. The molecule has 4 aliphatic carbocycles. The summed E-state index contributed by atoms with van der Waals surface area (Å²) in [6, 6.07) is 33.3. The Hall–Kier alpha value is -8.44. The highest BCUT2D eigenvalue weighted by molar-refractivity contribution is 7.12. The Kier molecular flexibility index (Phi) is 24.1. The number of ether oxygens (including phenoxy) is 2. The predicted octanol–water partition coefficient (Wildman–Crippen LogP) is 16.5. The van der Waals surface area contributed by atoms with Crippen LogP contribution in [0.2, 0.25) is 18.1 Å². The number of aliphatic hydroxyl groups excluding tert-OH is 1. The lowest BCUT2D eigenvalue weighted by molar-refractivity contribution is -0.182. The van der Waals surface area contributed by atoms with Crippen molar-refractivity contribution < 1.29 is 67.4 Å². The van der Waals surface area contributed by atoms with Crippen LogP contribution in [0.1, 0.15) is 187 Å². The van der Waals surface area contributed by atoms with Crippen molar-refractivity contribution in [3.05, 3.63) is 228 Å². The Morgan fingerprint density at radius 3 is 1.33 bits per heavy atom. The SMILES string of the molecule is CC(C)(C)[Si](C)(C)O[C@@H](CCCc1ccc2c(c1)oc(=O)n2CCCN1CCC2(CC1)CC(OC(=O)C(O)(c1cccs1)c1cccs1)C2)c1ccc(O)c2c1C=CC(=O)C2.O=C1C=Cc2c([C@@H](O)CCCc3ccc4c(c3)oc(=O)n4CCCN3CCC4(CC3)CC(OC(=O)C(O)(c3cccs3)c3cccs3)C4)ccc(O)c2C1. The van der Waals surface area contributed by atoms with Gasteiger partial charge in [0.15, 0.2) is 31.0 Å². The zero-order valence-electron chi connectivity index (χ0n) is 65.9. The van der Waals surface area contributed by atoms with E-state index in [-0.39, 0.29) is 81.6 Å². The third-order valence-electron chi connectivity index (χ3n) is 25.4. The lowest BCUT2D eigenvalue weighted by atomic mass is 9.61. The molecule has 2 saturated carbocycles. The Morgan fingerprint density at radius 2 is 0.930 bits per heavy atom. The molecule has 0 radical (unpaired) electrons. The van der Waals surface area contributed by atoms with Crippen LogP contribution >= 0.6 is 45.3 Å². The number of aryl methyl sites for hydroxylation is 4. The molecule has 2 atom stereocenters. The molecule has 5 N–H and O–H groups in total. The van der Waals surface area contributed by atoms with Gasteiger partial charge in [0.25, 0.3) is 0 Å². The number of aliphatic hydroxyl groups is 3. The van der Waals surface area contributed by atoms with Crippen LogP contribution in [0.15, 0.2) is 161 Å². The van der Waals surface area contributed by atoms with Crippen molar-refractivity contribution in [3.63, 3.8) is 0 Å². The number of carbonyl (C=O) groups excluding carboxylic acids is 4. The molecule has 8 heterocycles. The van der Waals surface area contributed by atoms with Gasteiger partial charge < -0.3 is 58.1 Å². The maximum absolute atomic E-state index is 13.4. The average molecular weight is 1650 g/mol. The number of nitrogens with zero attached hydrogens (tertiary/aromatic N) is 4. The summed E-state index contributed by atoms with van der Waals surface area (Å²) in [4.78, 5) is 84.0. The summed E-state index contributed by atoms with van der Waals surface area (Å²) < 4.78 is 33.8. The van der Waals surface area contributed by atoms with Crippen molar-refractivity contribution in [3.8, 4) is 11.5 Å². The smallest absolute Gasteiger partial charge is 0.419 e. The van der Waals surface area contributed by atoms with Crippen LogP contribution in [0.25, 0.3) is 34.4 Å². The Balaban J connectivity index is 0.000000182. The number of phenolic OH excluding ortho intramolecular Hbond substituents is 2. The molecule has 0 unspecified atom stereocenters. The lowest BCUT2D eigenvalue weighted by Crippen LogP contribution is -2.52. The number of aromatic nitrogens is 2. The first kappa shape index (κ1) is 81.7. The Morgan fingerprint density at radius 1 is 0.530 bits per heavy atom. The molecule has 0 amide bonds. The first-order chi connectivity index (χ1) is 55.2. The van der Waals surface area contributed by atoms with E-state index in [9.17, 15) is 54.3 Å². The minimum absolute atomic E-state index is 0.00608. The minimum atomic E-state index is -2.18. The van der Waals surface area contributed by atoms with Gasteiger partial charge in [-0.15, -0.1) is 45.3 Å². The van der Waals surface area contributed by atoms with E-state index in [0.29, 0.717) is 79.7 Å². The second-order valence-corrected chi connectivity index (χ2v) is 42.5. The van der Waals surface area contributed by atoms with Crippen molar-refractivity contribution in [2.75, 3.05) is 39.3 Å². The number of ketones is 2. The molecule has 4 fully saturated rings. The standard InChI is InChI=1S/C48H58N2O8S2Si.C42H44N2O8S2/c1-46(2,3)61(4,5)58-40(36-17-19-39(52)37-29-33(51)15-16-35(36)37)11-6-10-32-14-18-38-41(28-32)57-45(54)50(38)23-9-22-49-24-20-47(21-25-49)30-34(31-47)56-44(53)48(55,42-12-7-26-59-42)43-13-8-27-60-43;45-28-10-11-30-31(12-14-35(47)32(30)24-28)34(46)6-1-5-27-9-13-33-36(23-27)52-40(49)44(33)18-4-17-43-19-15-41(16-20-43)25-29(26-41)51-39(48)42(50,37-7-2-21-53-37)38-8-3-22-54-38/h7-8,12-19,26-28,34,40,52,55H,6,9-11,20-25,29-31H2,1-5H3;2-3,7-14,21-23,29,34,46-47,50H,1,4-6,15-20,24-26H2/t40-;34-/m00/s1. The zero-order chi connectivity index (χ0) is 80.6. The van der Waals surface area contributed by atoms with E-state index in [1.807, 2.05) is 88.3 Å². The second kappa shape index (κ2) is 33.9. The summed E-state index contributed by atoms with van der Waals surface area (Å²) in [5, 5.41) is 62.4. The molecule has 606 valence electrons. The number of carbonyl (C=O) groups is 4. The largest absolute Gasteiger partial charge is 0.508 e. The van der Waals surface area contributed by atoms with Crippen molar-refractivity contribution in [1.82, 2.24) is 18.9 Å². The quantitative estimate of drug-likeness (QED) is 0.0225. The number of oxazole rings is 2. The molecule has 16 rings (SSSR count). The maximum atomic E-state index is 13.4. The normalized spacial score (nSPS) is 17.8. The lowest BCUT2D eigenvalue weighted by Gasteiger charge is -2.51. The third-order valence-corrected chi connectivity index (χ3v) is 33.8. The van der Waals surface area contributed by atoms with Gasteiger partial charge >= 0.3 is 23.5 Å². The number of phenols is 2. The number of hydrogen-bond acceptors (Lipinski definition) is 22. The van der Waals surface area contributed by atoms with Gasteiger partial charge in [0.2, 0.25) is 11.2 Å². The van der Waals surface area contributed by atoms with E-state index < -0.39 is 37.6 Å². The molecule has 2 saturated heterocycles. The first-order valence-corrected chi connectivity index (χ1v) is 46.8. The molecular weight excluding hydrogens is 1550 g/mol. The monoisotopic (exact) mass is 1650 g/mol. The molecule has 4 aromatic carbocycles. The minimum Gasteiger partial charge on any atom is -0.508 e. The third kappa shape index (κ3) is 17.3. The number of hydrogen-bond donors (Lipinski definition) is 5. The van der Waals surface area contributed by atoms with Crippen molar-refractivity contribution in [2.24, 2.45) is 10.8 Å². The highest BCUT2D eigenvalue weighted by atomic mass is 32.1. The summed E-state index contributed by atoms with van der Waals surface area (Å²) in [6.45, 7) is 17.9. The fourth-order valence-electron chi connectivity index (χ4n) is 17.7. The van der Waals surface area contributed by atoms with Gasteiger partial charge in [0.05, 0.1) is 42.7 Å². The van der Waals surface area contributed by atoms with Gasteiger partial charge in [-0.25, -0.2) is 19.2 Å². The number of benzene rings is 4. The molecule has 2 spiro atoms. The molecule has 10 aromatic rings. The van der Waals surface area contributed by atoms with Crippen LogP contribution in [0.5, 0.6) is 11.5 Å². The van der Waals surface area contributed by atoms with E-state index in [1.54, 1.807) is 63.8 Å². The number of esters is 2. The van der Waals surface area contributed by atoms with Crippen LogP contribution in [-0.4, -0.2) is 128 Å². The zero-order valence-corrected chi connectivity index (χ0v) is 70.1. The number of aromatic hydroxyl groups is 2. The van der Waals surface area contributed by atoms with Gasteiger partial charge in [-0.1, -0.05) is 81.5 Å². The maximum Gasteiger partial charge on any atom is 0.419 e. The van der Waals surface area contributed by atoms with Gasteiger partial charge in [-0.05, 0) is 299 Å². The number of fused-ring (bicyclic) bond motifs is 4. The number of allylic oxidation sites excluding steroid dienone is 2. The molecule has 0 bridgehead atoms. The predicted molar refractivity (Wildman–Crippen MR) is 451 cm³/mol. The molecule has 6 aromatic heterocycles. The topological polar surface area (TPSA) is 274 Å². The van der Waals surface area contributed by atoms with Crippen LogP contribution in [0.4, 0.5) is 0 Å². The van der Waals surface area contributed by atoms with Crippen LogP contribution in [0, 0.1) is 10.8 Å². The van der Waals surface area contributed by atoms with E-state index in [2.05, 4.69) is 49.7 Å². The van der Waals surface area contributed by atoms with Crippen LogP contribution in [-0.2, 0) is 83.1 Å². The van der Waals surface area contributed by atoms with E-state index in [1.165, 1.54) is 51.4 Å². The summed E-state index contributed by atoms with van der Waals surface area (Å²) in [5.41, 5.74) is 6.20. The van der Waals surface area contributed by atoms with Crippen molar-refractivity contribution in [2.45, 2.75) is 203 Å². The van der Waals surface area contributed by atoms with Gasteiger partial charge in [0, 0.05) is 37.1 Å². The summed E-state index contributed by atoms with van der Waals surface area (Å²) >= 11 is 5.41. The number of piperidine rings is 2. The first-order valence-electron chi connectivity index (χ1n) is 40.4. The summed E-state index contributed by atoms with van der Waals surface area (Å²) in [6.07, 6.45) is 19.0. The van der Waals surface area contributed by atoms with Crippen molar-refractivity contribution in [1.29, 1.82) is 0 Å². The summed E-state index contributed by atoms with van der Waals surface area (Å²) in [5.74, 6) is -1.76. The summed E-state index contributed by atoms with van der Waals surface area (Å²) in [7, 11) is -2.18.